The number of rotatable bonds is 3. The highest BCUT2D eigenvalue weighted by Gasteiger charge is 2.11. The van der Waals surface area contributed by atoms with E-state index in [-0.39, 0.29) is 0 Å². The summed E-state index contributed by atoms with van der Waals surface area (Å²) in [5.74, 6) is 0. The van der Waals surface area contributed by atoms with E-state index in [1.165, 1.54) is 26.6 Å². The number of hydrogen-bond donors (Lipinski definition) is 1. The summed E-state index contributed by atoms with van der Waals surface area (Å²) in [7, 11) is 0. The Morgan fingerprint density at radius 3 is 2.41 bits per heavy atom. The summed E-state index contributed by atoms with van der Waals surface area (Å²) in [6, 6.07) is 11.1. The largest absolute Gasteiger partial charge is 0.378 e. The molecule has 1 atom stereocenters. The molecule has 90 valence electrons. The zero-order valence-corrected chi connectivity index (χ0v) is 11.7. The second-order valence-electron chi connectivity index (χ2n) is 4.55. The second-order valence-corrected chi connectivity index (χ2v) is 6.01. The third-order valence-electron chi connectivity index (χ3n) is 3.06. The third-order valence-corrected chi connectivity index (χ3v) is 4.04. The van der Waals surface area contributed by atoms with Crippen molar-refractivity contribution in [2.75, 3.05) is 5.32 Å². The Hall–Kier alpha value is -1.28. The van der Waals surface area contributed by atoms with Crippen LogP contribution in [-0.2, 0) is 0 Å². The molecule has 1 aromatic carbocycles. The van der Waals surface area contributed by atoms with Gasteiger partial charge in [0.05, 0.1) is 0 Å². The van der Waals surface area contributed by atoms with Crippen molar-refractivity contribution < 1.29 is 0 Å². The summed E-state index contributed by atoms with van der Waals surface area (Å²) in [6.07, 6.45) is 0. The second kappa shape index (κ2) is 4.92. The topological polar surface area (TPSA) is 12.0 Å². The molecule has 1 nitrogen and oxygen atoms in total. The van der Waals surface area contributed by atoms with Crippen LogP contribution in [0.1, 0.15) is 33.8 Å². The molecule has 2 rings (SSSR count). The highest BCUT2D eigenvalue weighted by Crippen LogP contribution is 2.29. The minimum Gasteiger partial charge on any atom is -0.378 e. The van der Waals surface area contributed by atoms with E-state index >= 15 is 0 Å². The number of para-hydroxylation sites is 1. The molecule has 1 heterocycles. The fourth-order valence-corrected chi connectivity index (χ4v) is 3.15. The lowest BCUT2D eigenvalue weighted by atomic mass is 10.1. The average Bonchev–Trinajstić information content (AvgIpc) is 2.61. The Labute approximate surface area is 108 Å². The molecular weight excluding hydrogens is 226 g/mol. The standard InChI is InChI=1S/C15H19NS/c1-10-7-5-6-8-15(10)16-12(3)14-9-11(2)17-13(14)4/h5-9,12,16H,1-4H3. The average molecular weight is 245 g/mol. The molecule has 0 fully saturated rings. The molecule has 0 radical (unpaired) electrons. The van der Waals surface area contributed by atoms with Crippen molar-refractivity contribution >= 4 is 17.0 Å². The van der Waals surface area contributed by atoms with Crippen molar-refractivity contribution in [2.45, 2.75) is 33.7 Å². The van der Waals surface area contributed by atoms with Crippen LogP contribution in [0, 0.1) is 20.8 Å². The molecule has 0 aliphatic heterocycles. The lowest BCUT2D eigenvalue weighted by Gasteiger charge is -2.17. The summed E-state index contributed by atoms with van der Waals surface area (Å²) in [5, 5.41) is 3.59. The van der Waals surface area contributed by atoms with E-state index in [1.54, 1.807) is 0 Å². The molecule has 0 aliphatic carbocycles. The van der Waals surface area contributed by atoms with Crippen LogP contribution < -0.4 is 5.32 Å². The van der Waals surface area contributed by atoms with Crippen LogP contribution in [0.4, 0.5) is 5.69 Å². The summed E-state index contributed by atoms with van der Waals surface area (Å²) in [4.78, 5) is 2.80. The molecule has 1 N–H and O–H groups in total. The molecule has 0 amide bonds. The van der Waals surface area contributed by atoms with Gasteiger partial charge in [-0.1, -0.05) is 18.2 Å². The van der Waals surface area contributed by atoms with Crippen LogP contribution in [0.3, 0.4) is 0 Å². The minimum atomic E-state index is 0.362. The predicted octanol–water partition coefficient (Wildman–Crippen LogP) is 4.85. The van der Waals surface area contributed by atoms with E-state index in [0.29, 0.717) is 6.04 Å². The molecule has 0 spiro atoms. The number of thiophene rings is 1. The van der Waals surface area contributed by atoms with Crippen LogP contribution in [0.25, 0.3) is 0 Å². The van der Waals surface area contributed by atoms with Crippen molar-refractivity contribution in [2.24, 2.45) is 0 Å². The summed E-state index contributed by atoms with van der Waals surface area (Å²) < 4.78 is 0. The number of nitrogens with one attached hydrogen (secondary N) is 1. The third kappa shape index (κ3) is 2.70. The van der Waals surface area contributed by atoms with Gasteiger partial charge in [-0.05, 0) is 51.0 Å². The van der Waals surface area contributed by atoms with Gasteiger partial charge in [-0.15, -0.1) is 11.3 Å². The molecule has 2 heteroatoms. The fraction of sp³-hybridized carbons (Fsp3) is 0.333. The van der Waals surface area contributed by atoms with Gasteiger partial charge in [-0.2, -0.15) is 0 Å². The molecule has 0 bridgehead atoms. The lowest BCUT2D eigenvalue weighted by Crippen LogP contribution is -2.07. The lowest BCUT2D eigenvalue weighted by molar-refractivity contribution is 0.879. The van der Waals surface area contributed by atoms with E-state index in [1.807, 2.05) is 11.3 Å². The normalized spacial score (nSPS) is 12.5. The van der Waals surface area contributed by atoms with E-state index in [9.17, 15) is 0 Å². The number of benzene rings is 1. The zero-order valence-electron chi connectivity index (χ0n) is 10.9. The molecule has 2 aromatic rings. The maximum atomic E-state index is 3.59. The van der Waals surface area contributed by atoms with Gasteiger partial charge in [-0.25, -0.2) is 0 Å². The molecule has 0 saturated heterocycles. The van der Waals surface area contributed by atoms with Gasteiger partial charge >= 0.3 is 0 Å². The van der Waals surface area contributed by atoms with Gasteiger partial charge in [0.25, 0.3) is 0 Å². The Balaban J connectivity index is 2.20. The van der Waals surface area contributed by atoms with Gasteiger partial charge in [0.15, 0.2) is 0 Å². The number of aryl methyl sites for hydroxylation is 3. The van der Waals surface area contributed by atoms with Gasteiger partial charge < -0.3 is 5.32 Å². The van der Waals surface area contributed by atoms with Crippen molar-refractivity contribution in [1.82, 2.24) is 0 Å². The molecule has 17 heavy (non-hydrogen) atoms. The van der Waals surface area contributed by atoms with E-state index in [2.05, 4.69) is 63.3 Å². The van der Waals surface area contributed by atoms with Crippen LogP contribution in [-0.4, -0.2) is 0 Å². The predicted molar refractivity (Wildman–Crippen MR) is 77.0 cm³/mol. The van der Waals surface area contributed by atoms with Crippen molar-refractivity contribution in [3.63, 3.8) is 0 Å². The highest BCUT2D eigenvalue weighted by molar-refractivity contribution is 7.12. The Morgan fingerprint density at radius 1 is 1.12 bits per heavy atom. The Morgan fingerprint density at radius 2 is 1.82 bits per heavy atom. The van der Waals surface area contributed by atoms with Crippen molar-refractivity contribution in [3.05, 3.63) is 51.2 Å². The fourth-order valence-electron chi connectivity index (χ4n) is 2.13. The maximum Gasteiger partial charge on any atom is 0.0496 e. The first-order chi connectivity index (χ1) is 8.08. The van der Waals surface area contributed by atoms with Gasteiger partial charge in [0.1, 0.15) is 0 Å². The first-order valence-electron chi connectivity index (χ1n) is 5.97. The van der Waals surface area contributed by atoms with Crippen LogP contribution >= 0.6 is 11.3 Å². The van der Waals surface area contributed by atoms with Crippen LogP contribution in [0.5, 0.6) is 0 Å². The van der Waals surface area contributed by atoms with E-state index in [0.717, 1.165) is 0 Å². The van der Waals surface area contributed by atoms with Crippen LogP contribution in [0.15, 0.2) is 30.3 Å². The van der Waals surface area contributed by atoms with Gasteiger partial charge in [0.2, 0.25) is 0 Å². The summed E-state index contributed by atoms with van der Waals surface area (Å²) in [5.41, 5.74) is 3.93. The quantitative estimate of drug-likeness (QED) is 0.815. The first kappa shape index (κ1) is 12.2. The van der Waals surface area contributed by atoms with Crippen molar-refractivity contribution in [3.8, 4) is 0 Å². The van der Waals surface area contributed by atoms with E-state index < -0.39 is 0 Å². The maximum absolute atomic E-state index is 3.59. The van der Waals surface area contributed by atoms with Gasteiger partial charge in [-0.3, -0.25) is 0 Å². The molecule has 1 unspecified atom stereocenters. The molecule has 0 aliphatic rings. The number of anilines is 1. The molecular formula is C15H19NS. The van der Waals surface area contributed by atoms with E-state index in [4.69, 9.17) is 0 Å². The smallest absolute Gasteiger partial charge is 0.0496 e. The van der Waals surface area contributed by atoms with Gasteiger partial charge in [0, 0.05) is 21.5 Å². The Kier molecular flexibility index (Phi) is 3.53. The molecule has 1 aromatic heterocycles. The monoisotopic (exact) mass is 245 g/mol. The SMILES string of the molecule is Cc1cc(C(C)Nc2ccccc2C)c(C)s1. The highest BCUT2D eigenvalue weighted by atomic mass is 32.1. The minimum absolute atomic E-state index is 0.362. The number of hydrogen-bond acceptors (Lipinski definition) is 2. The van der Waals surface area contributed by atoms with Crippen LogP contribution in [0.2, 0.25) is 0 Å². The molecule has 0 saturated carbocycles. The van der Waals surface area contributed by atoms with Crippen molar-refractivity contribution in [1.29, 1.82) is 0 Å². The summed E-state index contributed by atoms with van der Waals surface area (Å²) in [6.45, 7) is 8.73. The first-order valence-corrected chi connectivity index (χ1v) is 6.78. The zero-order chi connectivity index (χ0) is 12.4. The Bertz CT molecular complexity index is 513. The summed E-state index contributed by atoms with van der Waals surface area (Å²) >= 11 is 1.87.